The quantitative estimate of drug-likeness (QED) is 0.711. The largest absolute Gasteiger partial charge is 0.479 e. The summed E-state index contributed by atoms with van der Waals surface area (Å²) in [4.78, 5) is 24.5. The molecule has 4 rings (SSSR count). The summed E-state index contributed by atoms with van der Waals surface area (Å²) in [5.41, 5.74) is 1.06. The zero-order valence-corrected chi connectivity index (χ0v) is 18.3. The van der Waals surface area contributed by atoms with Crippen molar-refractivity contribution in [2.45, 2.75) is 37.3 Å². The smallest absolute Gasteiger partial charge is 0.265 e. The maximum absolute atomic E-state index is 13.2. The van der Waals surface area contributed by atoms with Crippen LogP contribution in [0.15, 0.2) is 47.4 Å². The topological polar surface area (TPSA) is 105 Å². The van der Waals surface area contributed by atoms with Gasteiger partial charge < -0.3 is 15.4 Å². The second-order valence-corrected chi connectivity index (χ2v) is 9.89. The molecule has 2 aliphatic rings. The van der Waals surface area contributed by atoms with E-state index in [1.165, 1.54) is 34.6 Å². The monoisotopic (exact) mass is 461 g/mol. The molecule has 0 spiro atoms. The van der Waals surface area contributed by atoms with Crippen molar-refractivity contribution >= 4 is 27.5 Å². The molecule has 2 aliphatic heterocycles. The molecule has 0 bridgehead atoms. The number of sulfonamides is 1. The Kier molecular flexibility index (Phi) is 6.16. The number of halogens is 1. The van der Waals surface area contributed by atoms with Crippen LogP contribution in [0.2, 0.25) is 0 Å². The van der Waals surface area contributed by atoms with Gasteiger partial charge in [0, 0.05) is 19.6 Å². The Morgan fingerprint density at radius 1 is 1.25 bits per heavy atom. The van der Waals surface area contributed by atoms with Crippen molar-refractivity contribution in [1.82, 2.24) is 9.62 Å². The van der Waals surface area contributed by atoms with Crippen LogP contribution < -0.4 is 15.4 Å². The molecule has 0 radical (unpaired) electrons. The molecule has 170 valence electrons. The van der Waals surface area contributed by atoms with Gasteiger partial charge in [0.15, 0.2) is 6.10 Å². The van der Waals surface area contributed by atoms with Gasteiger partial charge in [0.1, 0.15) is 11.6 Å². The number of hydrogen-bond donors (Lipinski definition) is 2. The minimum atomic E-state index is -3.86. The van der Waals surface area contributed by atoms with E-state index in [0.29, 0.717) is 30.8 Å². The first kappa shape index (κ1) is 22.2. The molecule has 0 aromatic heterocycles. The van der Waals surface area contributed by atoms with E-state index in [1.54, 1.807) is 19.1 Å². The molecule has 1 saturated heterocycles. The summed E-state index contributed by atoms with van der Waals surface area (Å²) in [6.07, 6.45) is 0.477. The number of hydrogen-bond acceptors (Lipinski definition) is 5. The third-order valence-electron chi connectivity index (χ3n) is 5.65. The average molecular weight is 462 g/mol. The fourth-order valence-electron chi connectivity index (χ4n) is 3.81. The van der Waals surface area contributed by atoms with Crippen LogP contribution in [-0.4, -0.2) is 43.7 Å². The summed E-state index contributed by atoms with van der Waals surface area (Å²) < 4.78 is 46.2. The van der Waals surface area contributed by atoms with E-state index in [9.17, 15) is 22.4 Å². The lowest BCUT2D eigenvalue weighted by Crippen LogP contribution is -2.45. The highest BCUT2D eigenvalue weighted by atomic mass is 32.2. The molecule has 0 unspecified atom stereocenters. The van der Waals surface area contributed by atoms with Gasteiger partial charge >= 0.3 is 0 Å². The van der Waals surface area contributed by atoms with Crippen molar-refractivity contribution in [1.29, 1.82) is 0 Å². The Bertz CT molecular complexity index is 1140. The minimum absolute atomic E-state index is 0.0297. The van der Waals surface area contributed by atoms with E-state index < -0.39 is 22.0 Å². The van der Waals surface area contributed by atoms with Crippen molar-refractivity contribution in [2.24, 2.45) is 5.92 Å². The number of carbonyl (C=O) groups is 2. The van der Waals surface area contributed by atoms with Gasteiger partial charge in [-0.1, -0.05) is 12.1 Å². The first-order chi connectivity index (χ1) is 15.2. The molecule has 32 heavy (non-hydrogen) atoms. The van der Waals surface area contributed by atoms with Crippen LogP contribution in [0.4, 0.5) is 10.1 Å². The molecule has 10 heteroatoms. The third-order valence-corrected chi connectivity index (χ3v) is 7.52. The predicted molar refractivity (Wildman–Crippen MR) is 115 cm³/mol. The summed E-state index contributed by atoms with van der Waals surface area (Å²) >= 11 is 0. The Morgan fingerprint density at radius 2 is 2.00 bits per heavy atom. The number of nitrogens with zero attached hydrogens (tertiary/aromatic N) is 1. The Morgan fingerprint density at radius 3 is 2.75 bits per heavy atom. The Hall–Kier alpha value is -2.98. The number of amides is 2. The van der Waals surface area contributed by atoms with E-state index in [2.05, 4.69) is 10.6 Å². The van der Waals surface area contributed by atoms with E-state index in [0.717, 1.165) is 5.56 Å². The molecule has 2 heterocycles. The molecule has 8 nitrogen and oxygen atoms in total. The lowest BCUT2D eigenvalue weighted by atomic mass is 9.99. The molecular weight excluding hydrogens is 437 g/mol. The number of fused-ring (bicyclic) bond motifs is 1. The van der Waals surface area contributed by atoms with Crippen LogP contribution in [0.25, 0.3) is 0 Å². The summed E-state index contributed by atoms with van der Waals surface area (Å²) in [5, 5.41) is 5.46. The summed E-state index contributed by atoms with van der Waals surface area (Å²) in [6.45, 7) is 2.22. The maximum Gasteiger partial charge on any atom is 0.265 e. The van der Waals surface area contributed by atoms with Gasteiger partial charge in [0.05, 0.1) is 16.5 Å². The maximum atomic E-state index is 13.2. The van der Waals surface area contributed by atoms with Gasteiger partial charge in [-0.2, -0.15) is 4.31 Å². The van der Waals surface area contributed by atoms with Crippen LogP contribution in [-0.2, 0) is 26.2 Å². The third kappa shape index (κ3) is 4.61. The van der Waals surface area contributed by atoms with Gasteiger partial charge in [0.2, 0.25) is 15.9 Å². The lowest BCUT2D eigenvalue weighted by Gasteiger charge is -2.31. The molecule has 2 amide bonds. The number of anilines is 1. The van der Waals surface area contributed by atoms with E-state index in [1.807, 2.05) is 0 Å². The zero-order valence-electron chi connectivity index (χ0n) is 17.5. The van der Waals surface area contributed by atoms with Crippen LogP contribution in [0, 0.1) is 11.7 Å². The summed E-state index contributed by atoms with van der Waals surface area (Å²) in [5.74, 6) is -1.01. The van der Waals surface area contributed by atoms with Gasteiger partial charge in [-0.3, -0.25) is 9.59 Å². The van der Waals surface area contributed by atoms with Crippen molar-refractivity contribution in [3.05, 3.63) is 53.8 Å². The number of piperidine rings is 1. The molecule has 0 aliphatic carbocycles. The highest BCUT2D eigenvalue weighted by molar-refractivity contribution is 7.89. The second kappa shape index (κ2) is 8.87. The molecule has 0 saturated carbocycles. The summed E-state index contributed by atoms with van der Waals surface area (Å²) in [6, 6.07) is 10.2. The number of ether oxygens (including phenoxy) is 1. The molecule has 2 aromatic rings. The molecule has 2 aromatic carbocycles. The van der Waals surface area contributed by atoms with E-state index in [4.69, 9.17) is 4.74 Å². The minimum Gasteiger partial charge on any atom is -0.479 e. The van der Waals surface area contributed by atoms with Crippen molar-refractivity contribution in [3.8, 4) is 5.75 Å². The zero-order chi connectivity index (χ0) is 22.9. The number of benzene rings is 2. The second-order valence-electron chi connectivity index (χ2n) is 7.95. The van der Waals surface area contributed by atoms with Crippen molar-refractivity contribution in [3.63, 3.8) is 0 Å². The van der Waals surface area contributed by atoms with Crippen molar-refractivity contribution in [2.75, 3.05) is 18.4 Å². The van der Waals surface area contributed by atoms with Crippen LogP contribution in [0.3, 0.4) is 0 Å². The van der Waals surface area contributed by atoms with Gasteiger partial charge in [-0.15, -0.1) is 0 Å². The van der Waals surface area contributed by atoms with Crippen molar-refractivity contribution < 1.29 is 27.1 Å². The lowest BCUT2D eigenvalue weighted by molar-refractivity contribution is -0.126. The fourth-order valence-corrected chi connectivity index (χ4v) is 5.36. The molecule has 2 N–H and O–H groups in total. The highest BCUT2D eigenvalue weighted by Gasteiger charge is 2.34. The highest BCUT2D eigenvalue weighted by Crippen LogP contribution is 2.33. The first-order valence-electron chi connectivity index (χ1n) is 10.4. The Balaban J connectivity index is 1.44. The standard InChI is InChI=1S/C22H24FN3O5S/c1-14-21(27)25-19-11-18(8-9-20(19)31-14)32(29,30)26-10-2-3-16(13-26)22(28)24-12-15-4-6-17(23)7-5-15/h4-9,11,14,16H,2-3,10,12-13H2,1H3,(H,24,28)(H,25,27)/t14-,16-/m0/s1. The van der Waals surface area contributed by atoms with Crippen LogP contribution in [0.5, 0.6) is 5.75 Å². The van der Waals surface area contributed by atoms with E-state index in [-0.39, 0.29) is 35.6 Å². The number of rotatable bonds is 5. The molecule has 1 fully saturated rings. The SMILES string of the molecule is C[C@@H]1Oc2ccc(S(=O)(=O)N3CCC[C@H](C(=O)NCc4ccc(F)cc4)C3)cc2NC1=O. The normalized spacial score (nSPS) is 21.2. The predicted octanol–water partition coefficient (Wildman–Crippen LogP) is 2.26. The van der Waals surface area contributed by atoms with Gasteiger partial charge in [0.25, 0.3) is 5.91 Å². The average Bonchev–Trinajstić information content (AvgIpc) is 2.79. The van der Waals surface area contributed by atoms with Crippen LogP contribution >= 0.6 is 0 Å². The Labute approximate surface area is 185 Å². The fraction of sp³-hybridized carbons (Fsp3) is 0.364. The van der Waals surface area contributed by atoms with Crippen LogP contribution in [0.1, 0.15) is 25.3 Å². The molecule has 2 atom stereocenters. The van der Waals surface area contributed by atoms with Gasteiger partial charge in [-0.05, 0) is 55.7 Å². The summed E-state index contributed by atoms with van der Waals surface area (Å²) in [7, 11) is -3.86. The molecular formula is C22H24FN3O5S. The van der Waals surface area contributed by atoms with Gasteiger partial charge in [-0.25, -0.2) is 12.8 Å². The first-order valence-corrected chi connectivity index (χ1v) is 11.8. The van der Waals surface area contributed by atoms with E-state index >= 15 is 0 Å². The number of carbonyl (C=O) groups excluding carboxylic acids is 2. The number of nitrogens with one attached hydrogen (secondary N) is 2.